The Morgan fingerprint density at radius 1 is 1.56 bits per heavy atom. The number of nitrogens with zero attached hydrogens (tertiary/aromatic N) is 2. The van der Waals surface area contributed by atoms with Gasteiger partial charge in [0, 0.05) is 38.6 Å². The summed E-state index contributed by atoms with van der Waals surface area (Å²) in [5.74, 6) is -0.0691. The third-order valence-corrected chi connectivity index (χ3v) is 3.05. The number of amides is 1. The monoisotopic (exact) mass is 248 g/mol. The number of hydrogen-bond donors (Lipinski definition) is 2. The van der Waals surface area contributed by atoms with Crippen LogP contribution in [-0.4, -0.2) is 49.0 Å². The molecular formula is C13H20N4O. The Bertz CT molecular complexity index is 413. The van der Waals surface area contributed by atoms with Crippen molar-refractivity contribution in [3.05, 3.63) is 24.0 Å². The average molecular weight is 248 g/mol. The molecule has 18 heavy (non-hydrogen) atoms. The number of pyridine rings is 1. The molecule has 1 atom stereocenters. The molecule has 1 fully saturated rings. The van der Waals surface area contributed by atoms with Gasteiger partial charge in [-0.1, -0.05) is 0 Å². The zero-order valence-electron chi connectivity index (χ0n) is 10.9. The third-order valence-electron chi connectivity index (χ3n) is 3.05. The van der Waals surface area contributed by atoms with Crippen LogP contribution in [0.4, 0.5) is 5.69 Å². The lowest BCUT2D eigenvalue weighted by molar-refractivity contribution is 0.0822. The third kappa shape index (κ3) is 3.20. The van der Waals surface area contributed by atoms with E-state index in [0.717, 1.165) is 25.2 Å². The van der Waals surface area contributed by atoms with E-state index in [9.17, 15) is 4.79 Å². The van der Waals surface area contributed by atoms with E-state index in [1.54, 1.807) is 20.3 Å². The lowest BCUT2D eigenvalue weighted by Crippen LogP contribution is -2.38. The van der Waals surface area contributed by atoms with E-state index >= 15 is 0 Å². The topological polar surface area (TPSA) is 57.3 Å². The maximum Gasteiger partial charge on any atom is 0.272 e. The minimum atomic E-state index is -0.0691. The maximum atomic E-state index is 11.8. The molecule has 2 heterocycles. The van der Waals surface area contributed by atoms with Crippen LogP contribution in [0.15, 0.2) is 18.3 Å². The minimum absolute atomic E-state index is 0.0691. The summed E-state index contributed by atoms with van der Waals surface area (Å²) >= 11 is 0. The van der Waals surface area contributed by atoms with Gasteiger partial charge in [0.05, 0.1) is 0 Å². The molecule has 98 valence electrons. The molecule has 1 unspecified atom stereocenters. The van der Waals surface area contributed by atoms with Gasteiger partial charge in [0.1, 0.15) is 5.69 Å². The van der Waals surface area contributed by atoms with Crippen LogP contribution >= 0.6 is 0 Å². The Kier molecular flexibility index (Phi) is 4.15. The molecule has 0 bridgehead atoms. The van der Waals surface area contributed by atoms with Gasteiger partial charge in [0.25, 0.3) is 5.91 Å². The molecule has 0 spiro atoms. The number of carbonyl (C=O) groups excluding carboxylic acids is 1. The molecule has 0 aliphatic carbocycles. The van der Waals surface area contributed by atoms with Crippen LogP contribution in [0.2, 0.25) is 0 Å². The first-order valence-corrected chi connectivity index (χ1v) is 6.32. The number of aromatic nitrogens is 1. The molecule has 1 aromatic heterocycles. The Morgan fingerprint density at radius 2 is 2.39 bits per heavy atom. The summed E-state index contributed by atoms with van der Waals surface area (Å²) in [6.07, 6.45) is 4.02. The molecule has 1 aliphatic rings. The largest absolute Gasteiger partial charge is 0.381 e. The van der Waals surface area contributed by atoms with Crippen molar-refractivity contribution in [3.63, 3.8) is 0 Å². The second-order valence-electron chi connectivity index (χ2n) is 4.82. The summed E-state index contributed by atoms with van der Waals surface area (Å²) in [6.45, 7) is 2.07. The van der Waals surface area contributed by atoms with Crippen LogP contribution in [0.1, 0.15) is 23.3 Å². The molecule has 0 saturated carbocycles. The van der Waals surface area contributed by atoms with Crippen molar-refractivity contribution in [2.45, 2.75) is 18.9 Å². The predicted octanol–water partition coefficient (Wildman–Crippen LogP) is 0.947. The molecule has 1 saturated heterocycles. The number of anilines is 1. The molecule has 1 amide bonds. The SMILES string of the molecule is CN(C)C(=O)c1cc(NC2CCCNC2)ccn1. The van der Waals surface area contributed by atoms with Crippen molar-refractivity contribution in [2.75, 3.05) is 32.5 Å². The van der Waals surface area contributed by atoms with Crippen molar-refractivity contribution >= 4 is 11.6 Å². The van der Waals surface area contributed by atoms with Gasteiger partial charge < -0.3 is 15.5 Å². The average Bonchev–Trinajstić information content (AvgIpc) is 2.39. The lowest BCUT2D eigenvalue weighted by Gasteiger charge is -2.25. The van der Waals surface area contributed by atoms with E-state index in [1.807, 2.05) is 12.1 Å². The van der Waals surface area contributed by atoms with Crippen LogP contribution in [0, 0.1) is 0 Å². The number of hydrogen-bond acceptors (Lipinski definition) is 4. The zero-order valence-corrected chi connectivity index (χ0v) is 10.9. The van der Waals surface area contributed by atoms with Gasteiger partial charge in [-0.25, -0.2) is 0 Å². The predicted molar refractivity (Wildman–Crippen MR) is 71.8 cm³/mol. The smallest absolute Gasteiger partial charge is 0.272 e. The summed E-state index contributed by atoms with van der Waals surface area (Å²) in [7, 11) is 3.46. The van der Waals surface area contributed by atoms with E-state index in [4.69, 9.17) is 0 Å². The van der Waals surface area contributed by atoms with Crippen LogP contribution in [0.3, 0.4) is 0 Å². The van der Waals surface area contributed by atoms with Gasteiger partial charge in [-0.2, -0.15) is 0 Å². The highest BCUT2D eigenvalue weighted by Gasteiger charge is 2.14. The number of nitrogens with one attached hydrogen (secondary N) is 2. The molecule has 5 heteroatoms. The molecule has 5 nitrogen and oxygen atoms in total. The first-order valence-electron chi connectivity index (χ1n) is 6.32. The van der Waals surface area contributed by atoms with E-state index in [-0.39, 0.29) is 5.91 Å². The second-order valence-corrected chi connectivity index (χ2v) is 4.82. The highest BCUT2D eigenvalue weighted by molar-refractivity contribution is 5.92. The molecule has 0 aromatic carbocycles. The van der Waals surface area contributed by atoms with Crippen LogP contribution in [-0.2, 0) is 0 Å². The second kappa shape index (κ2) is 5.82. The van der Waals surface area contributed by atoms with Crippen LogP contribution in [0.25, 0.3) is 0 Å². The maximum absolute atomic E-state index is 11.8. The fraction of sp³-hybridized carbons (Fsp3) is 0.538. The van der Waals surface area contributed by atoms with Gasteiger partial charge in [0.2, 0.25) is 0 Å². The van der Waals surface area contributed by atoms with Gasteiger partial charge in [0.15, 0.2) is 0 Å². The summed E-state index contributed by atoms with van der Waals surface area (Å²) < 4.78 is 0. The van der Waals surface area contributed by atoms with Gasteiger partial charge in [-0.3, -0.25) is 9.78 Å². The highest BCUT2D eigenvalue weighted by atomic mass is 16.2. The Hall–Kier alpha value is -1.62. The van der Waals surface area contributed by atoms with E-state index in [1.165, 1.54) is 11.3 Å². The lowest BCUT2D eigenvalue weighted by atomic mass is 10.1. The fourth-order valence-corrected chi connectivity index (χ4v) is 2.08. The minimum Gasteiger partial charge on any atom is -0.381 e. The molecule has 1 aliphatic heterocycles. The van der Waals surface area contributed by atoms with Crippen molar-refractivity contribution in [1.82, 2.24) is 15.2 Å². The molecule has 0 radical (unpaired) electrons. The summed E-state index contributed by atoms with van der Waals surface area (Å²) in [6, 6.07) is 4.15. The van der Waals surface area contributed by atoms with Crippen molar-refractivity contribution in [3.8, 4) is 0 Å². The number of piperidine rings is 1. The first kappa shape index (κ1) is 12.8. The van der Waals surface area contributed by atoms with E-state index in [0.29, 0.717) is 11.7 Å². The standard InChI is InChI=1S/C13H20N4O/c1-17(2)13(18)12-8-10(5-7-15-12)16-11-4-3-6-14-9-11/h5,7-8,11,14H,3-4,6,9H2,1-2H3,(H,15,16). The van der Waals surface area contributed by atoms with Crippen molar-refractivity contribution < 1.29 is 4.79 Å². The molecule has 2 rings (SSSR count). The zero-order chi connectivity index (χ0) is 13.0. The van der Waals surface area contributed by atoms with E-state index in [2.05, 4.69) is 15.6 Å². The Labute approximate surface area is 108 Å². The quantitative estimate of drug-likeness (QED) is 0.836. The molecule has 2 N–H and O–H groups in total. The van der Waals surface area contributed by atoms with E-state index < -0.39 is 0 Å². The molecular weight excluding hydrogens is 228 g/mol. The fourth-order valence-electron chi connectivity index (χ4n) is 2.08. The number of carbonyl (C=O) groups is 1. The van der Waals surface area contributed by atoms with Gasteiger partial charge in [-0.05, 0) is 31.5 Å². The van der Waals surface area contributed by atoms with Crippen LogP contribution < -0.4 is 10.6 Å². The Balaban J connectivity index is 2.04. The summed E-state index contributed by atoms with van der Waals surface area (Å²) in [5, 5.41) is 6.80. The van der Waals surface area contributed by atoms with Crippen molar-refractivity contribution in [2.24, 2.45) is 0 Å². The molecule has 1 aromatic rings. The Morgan fingerprint density at radius 3 is 3.06 bits per heavy atom. The highest BCUT2D eigenvalue weighted by Crippen LogP contribution is 2.13. The van der Waals surface area contributed by atoms with Gasteiger partial charge in [-0.15, -0.1) is 0 Å². The van der Waals surface area contributed by atoms with Crippen molar-refractivity contribution in [1.29, 1.82) is 0 Å². The first-order chi connectivity index (χ1) is 8.66. The normalized spacial score (nSPS) is 19.3. The summed E-state index contributed by atoms with van der Waals surface area (Å²) in [5.41, 5.74) is 1.44. The van der Waals surface area contributed by atoms with Crippen LogP contribution in [0.5, 0.6) is 0 Å². The number of rotatable bonds is 3. The van der Waals surface area contributed by atoms with Gasteiger partial charge >= 0.3 is 0 Å². The summed E-state index contributed by atoms with van der Waals surface area (Å²) in [4.78, 5) is 17.5.